The van der Waals surface area contributed by atoms with E-state index in [0.29, 0.717) is 25.7 Å². The Morgan fingerprint density at radius 3 is 0.731 bits per heavy atom. The first-order chi connectivity index (χ1) is 52.4. The van der Waals surface area contributed by atoms with E-state index < -0.39 is 128 Å². The molecule has 0 amide bonds. The second-order valence-electron chi connectivity index (χ2n) is 29.5. The molecule has 6 atom stereocenters. The fraction of sp³-hybridized carbons (Fsp3) is 0.927. The van der Waals surface area contributed by atoms with Crippen molar-refractivity contribution in [3.8, 4) is 0 Å². The lowest BCUT2D eigenvalue weighted by Crippen LogP contribution is -2.30. The van der Waals surface area contributed by atoms with Crippen LogP contribution in [0.3, 0.4) is 0 Å². The minimum absolute atomic E-state index is 0.0924. The van der Waals surface area contributed by atoms with Gasteiger partial charge in [0.25, 0.3) is 0 Å². The summed E-state index contributed by atoms with van der Waals surface area (Å²) >= 11 is 0. The Balaban J connectivity index is 5.20. The highest BCUT2D eigenvalue weighted by Crippen LogP contribution is 2.44. The second-order valence-corrected chi connectivity index (χ2v) is 35.2. The number of ether oxygens (including phenoxy) is 4. The monoisotopic (exact) mass is 1620 g/mol. The zero-order chi connectivity index (χ0) is 79.3. The highest BCUT2D eigenvalue weighted by molar-refractivity contribution is 8.76. The normalized spacial score (nSPS) is 14.3. The summed E-state index contributed by atoms with van der Waals surface area (Å²) < 4.78 is 68.9. The van der Waals surface area contributed by atoms with Gasteiger partial charge in [-0.15, -0.1) is 0 Å². The first-order valence-corrected chi connectivity index (χ1v) is 48.8. The van der Waals surface area contributed by atoms with E-state index >= 15 is 0 Å². The largest absolute Gasteiger partial charge is 0.862 e. The molecule has 0 saturated carbocycles. The van der Waals surface area contributed by atoms with Crippen LogP contribution in [0.5, 0.6) is 0 Å². The van der Waals surface area contributed by atoms with Crippen molar-refractivity contribution in [1.29, 1.82) is 0 Å². The molecule has 0 saturated heterocycles. The molecule has 4 N–H and O–H groups in total. The molecule has 2 unspecified atom stereocenters. The minimum Gasteiger partial charge on any atom is -0.862 e. The summed E-state index contributed by atoms with van der Waals surface area (Å²) in [6.45, 7) is 4.09. The molecular weight excluding hydrogens is 1460 g/mol. The molecular formula is C82H156N2O20P2S2-2. The molecule has 0 aromatic heterocycles. The van der Waals surface area contributed by atoms with Crippen LogP contribution < -0.4 is 10.2 Å². The van der Waals surface area contributed by atoms with E-state index in [9.17, 15) is 58.5 Å². The first kappa shape index (κ1) is 106. The molecule has 0 aliphatic rings. The predicted octanol–water partition coefficient (Wildman–Crippen LogP) is 20.5. The number of phosphoric ester groups is 2. The number of rotatable bonds is 85. The van der Waals surface area contributed by atoms with Crippen LogP contribution in [0.4, 0.5) is 0 Å². The van der Waals surface area contributed by atoms with Crippen molar-refractivity contribution in [2.24, 2.45) is 9.98 Å². The standard InChI is InChI=1S/C82H158N2O20P2S2/c1-5-9-13-17-21-25-29-31-33-35-39-42-46-50-54-58-80(90)98-70-76(104-82(92)60-56-52-48-44-40-36-34-32-30-26-22-18-14-10-6-2)72-102-106(95,96)100-68-74(66-86)84-78(88)62-64-108-107-63-61-77(87)83-73(65-85)67-99-105(93,94)101-71-75(103-81(91)59-55-51-47-43-38-28-24-20-16-12-8-4)69-97-79(89)57-53-49-45-41-37-27-23-19-15-11-7-3/h73-76,85-86H,5-72H2,1-4H3,(H,83,87)(H,84,88)(H,93,94)(H,95,96)/p-2/t73-,74+,75-,76-/m1/s1. The summed E-state index contributed by atoms with van der Waals surface area (Å²) in [7, 11) is -7.25. The van der Waals surface area contributed by atoms with Crippen molar-refractivity contribution in [2.45, 2.75) is 424 Å². The molecule has 108 heavy (non-hydrogen) atoms. The van der Waals surface area contributed by atoms with Gasteiger partial charge in [0.2, 0.25) is 0 Å². The molecule has 26 heteroatoms. The van der Waals surface area contributed by atoms with Gasteiger partial charge < -0.3 is 49.2 Å². The summed E-state index contributed by atoms with van der Waals surface area (Å²) in [4.78, 5) is 80.6. The van der Waals surface area contributed by atoms with Crippen LogP contribution in [0.25, 0.3) is 0 Å². The molecule has 0 rings (SSSR count). The van der Waals surface area contributed by atoms with E-state index in [4.69, 9.17) is 37.0 Å². The topological polar surface area (TPSA) is 328 Å². The van der Waals surface area contributed by atoms with Gasteiger partial charge >= 0.3 is 39.5 Å². The number of aliphatic imine (C=N–C) groups is 2. The fourth-order valence-corrected chi connectivity index (χ4v) is 15.9. The maximum Gasteiger partial charge on any atom is 0.472 e. The van der Waals surface area contributed by atoms with Crippen molar-refractivity contribution in [2.75, 3.05) is 64.4 Å². The summed E-state index contributed by atoms with van der Waals surface area (Å²) in [5.74, 6) is -2.87. The van der Waals surface area contributed by atoms with E-state index in [-0.39, 0.29) is 50.0 Å². The van der Waals surface area contributed by atoms with Crippen molar-refractivity contribution < 1.29 is 95.6 Å². The van der Waals surface area contributed by atoms with E-state index in [0.717, 1.165) is 89.9 Å². The van der Waals surface area contributed by atoms with Gasteiger partial charge in [-0.05, 0) is 50.3 Å². The van der Waals surface area contributed by atoms with Crippen molar-refractivity contribution in [3.05, 3.63) is 0 Å². The molecule has 0 aliphatic carbocycles. The number of hydrogen-bond donors (Lipinski definition) is 4. The van der Waals surface area contributed by atoms with Crippen molar-refractivity contribution in [1.82, 2.24) is 0 Å². The highest BCUT2D eigenvalue weighted by atomic mass is 33.1. The number of nitrogens with zero attached hydrogens (tertiary/aromatic N) is 2. The molecule has 0 aromatic rings. The molecule has 0 heterocycles. The van der Waals surface area contributed by atoms with Crippen molar-refractivity contribution >= 4 is 72.9 Å². The third-order valence-corrected chi connectivity index (χ3v) is 23.4. The van der Waals surface area contributed by atoms with Gasteiger partial charge in [-0.3, -0.25) is 47.3 Å². The Hall–Kier alpha value is -2.34. The molecule has 0 bridgehead atoms. The molecule has 638 valence electrons. The van der Waals surface area contributed by atoms with E-state index in [1.54, 1.807) is 0 Å². The zero-order valence-electron chi connectivity index (χ0n) is 68.3. The average molecular weight is 1620 g/mol. The van der Waals surface area contributed by atoms with Gasteiger partial charge in [0.15, 0.2) is 12.2 Å². The molecule has 0 spiro atoms. The van der Waals surface area contributed by atoms with Crippen LogP contribution in [0.2, 0.25) is 0 Å². The second kappa shape index (κ2) is 78.5. The molecule has 0 aromatic carbocycles. The number of aliphatic hydroxyl groups excluding tert-OH is 2. The van der Waals surface area contributed by atoms with Crippen LogP contribution in [0.1, 0.15) is 400 Å². The number of esters is 4. The lowest BCUT2D eigenvalue weighted by Gasteiger charge is -2.21. The van der Waals surface area contributed by atoms with Gasteiger partial charge in [0.1, 0.15) is 13.2 Å². The number of phosphoric acid groups is 2. The Morgan fingerprint density at radius 1 is 0.306 bits per heavy atom. The Kier molecular flexibility index (Phi) is 76.8. The highest BCUT2D eigenvalue weighted by Gasteiger charge is 2.29. The van der Waals surface area contributed by atoms with Crippen LogP contribution in [-0.2, 0) is 65.4 Å². The number of aliphatic hydroxyl groups is 2. The average Bonchev–Trinajstić information content (AvgIpc) is 0.905. The lowest BCUT2D eigenvalue weighted by atomic mass is 10.0. The molecule has 0 fully saturated rings. The van der Waals surface area contributed by atoms with Crippen LogP contribution >= 0.6 is 37.2 Å². The number of hydrogen-bond acceptors (Lipinski definition) is 22. The van der Waals surface area contributed by atoms with E-state index in [1.165, 1.54) is 240 Å². The smallest absolute Gasteiger partial charge is 0.472 e. The van der Waals surface area contributed by atoms with Crippen molar-refractivity contribution in [3.63, 3.8) is 0 Å². The number of carbonyl (C=O) groups excluding carboxylic acids is 4. The number of carbonyl (C=O) groups is 4. The van der Waals surface area contributed by atoms with E-state index in [2.05, 4.69) is 37.7 Å². The third kappa shape index (κ3) is 75.0. The van der Waals surface area contributed by atoms with Gasteiger partial charge in [0.05, 0.1) is 51.7 Å². The zero-order valence-corrected chi connectivity index (χ0v) is 71.7. The number of unbranched alkanes of at least 4 members (excludes halogenated alkanes) is 48. The van der Waals surface area contributed by atoms with Gasteiger partial charge in [-0.2, -0.15) is 0 Å². The van der Waals surface area contributed by atoms with Gasteiger partial charge in [0, 0.05) is 37.2 Å². The first-order valence-electron chi connectivity index (χ1n) is 43.3. The van der Waals surface area contributed by atoms with Crippen LogP contribution in [0, 0.1) is 0 Å². The Bertz CT molecular complexity index is 2240. The fourth-order valence-electron chi connectivity index (χ4n) is 12.3. The quantitative estimate of drug-likeness (QED) is 0.00836. The minimum atomic E-state index is -4.88. The predicted molar refractivity (Wildman–Crippen MR) is 437 cm³/mol. The third-order valence-electron chi connectivity index (χ3n) is 19.1. The van der Waals surface area contributed by atoms with Gasteiger partial charge in [-0.1, -0.05) is 357 Å². The summed E-state index contributed by atoms with van der Waals surface area (Å²) in [5.41, 5.74) is 0. The molecule has 22 nitrogen and oxygen atoms in total. The Morgan fingerprint density at radius 2 is 0.509 bits per heavy atom. The summed E-state index contributed by atoms with van der Waals surface area (Å²) in [5, 5.41) is 45.5. The molecule has 0 aliphatic heterocycles. The van der Waals surface area contributed by atoms with E-state index in [1.807, 2.05) is 0 Å². The van der Waals surface area contributed by atoms with Crippen LogP contribution in [0.15, 0.2) is 9.98 Å². The maximum absolute atomic E-state index is 13.1. The molecule has 0 radical (unpaired) electrons. The summed E-state index contributed by atoms with van der Waals surface area (Å²) in [6, 6.07) is -2.45. The maximum atomic E-state index is 13.1. The Labute approximate surface area is 663 Å². The summed E-state index contributed by atoms with van der Waals surface area (Å²) in [6.07, 6.45) is 58.1. The SMILES string of the molecule is CCCCCCCCCCCCCCCCCC(=O)OC[C@H](COP(=O)(O)OC[C@H](CO)N=C([O-])CCSSCCC([O-])=N[C@H](CO)COP(=O)(O)OC[C@@H](COC(=O)CCCCCCCCCCCCC)OC(=O)CCCCCCCCCCCCC)OC(=O)CCCCCCCCCCCCCCCCC. The van der Waals surface area contributed by atoms with Crippen LogP contribution in [-0.4, -0.2) is 144 Å². The van der Waals surface area contributed by atoms with Gasteiger partial charge in [-0.25, -0.2) is 9.13 Å². The lowest BCUT2D eigenvalue weighted by molar-refractivity contribution is -0.219.